The Labute approximate surface area is 400 Å². The number of para-hydroxylation sites is 1. The quantitative estimate of drug-likeness (QED) is 0.156. The van der Waals surface area contributed by atoms with Gasteiger partial charge in [0.15, 0.2) is 17.5 Å². The lowest BCUT2D eigenvalue weighted by Gasteiger charge is -2.30. The van der Waals surface area contributed by atoms with E-state index in [4.69, 9.17) is 19.9 Å². The van der Waals surface area contributed by atoms with Gasteiger partial charge in [-0.15, -0.1) is 0 Å². The topological polar surface area (TPSA) is 51.6 Å². The number of pyridine rings is 1. The third kappa shape index (κ3) is 6.02. The standard InChI is InChI=1S/C65H40N4/c1-3-18-43(19-4-1)62-67-63(44-20-5-2-6-21-44)69-64(68-62)47-39-45(41-34-36-42(37-35-41)61-53-26-8-7-22-49(53)52-25-12-16-33-59(52)66-61)38-46(40-47)48-28-17-32-58-60(48)54-27-11-15-31-57(54)65(58)55-29-13-9-23-50(55)51-24-10-14-30-56(51)65/h1-40H. The smallest absolute Gasteiger partial charge is 0.164 e. The van der Waals surface area contributed by atoms with Crippen LogP contribution < -0.4 is 0 Å². The molecule has 0 unspecified atom stereocenters. The summed E-state index contributed by atoms with van der Waals surface area (Å²) in [4.78, 5) is 20.8. The molecule has 0 fully saturated rings. The highest BCUT2D eigenvalue weighted by Gasteiger charge is 2.52. The van der Waals surface area contributed by atoms with Gasteiger partial charge in [-0.1, -0.05) is 218 Å². The van der Waals surface area contributed by atoms with Gasteiger partial charge in [0, 0.05) is 33.0 Å². The molecule has 2 aromatic heterocycles. The maximum absolute atomic E-state index is 5.26. The number of benzene rings is 10. The van der Waals surface area contributed by atoms with Crippen molar-refractivity contribution in [2.75, 3.05) is 0 Å². The molecule has 320 valence electrons. The van der Waals surface area contributed by atoms with E-state index < -0.39 is 5.41 Å². The van der Waals surface area contributed by atoms with Gasteiger partial charge in [0.05, 0.1) is 16.6 Å². The lowest BCUT2D eigenvalue weighted by atomic mass is 9.70. The van der Waals surface area contributed by atoms with Gasteiger partial charge in [0.2, 0.25) is 0 Å². The molecule has 12 aromatic rings. The van der Waals surface area contributed by atoms with E-state index in [-0.39, 0.29) is 0 Å². The first-order valence-corrected chi connectivity index (χ1v) is 23.5. The molecule has 2 heterocycles. The van der Waals surface area contributed by atoms with Crippen molar-refractivity contribution < 1.29 is 0 Å². The zero-order chi connectivity index (χ0) is 45.5. The van der Waals surface area contributed by atoms with Gasteiger partial charge in [-0.2, -0.15) is 0 Å². The van der Waals surface area contributed by atoms with Crippen molar-refractivity contribution in [3.63, 3.8) is 0 Å². The van der Waals surface area contributed by atoms with E-state index in [0.29, 0.717) is 17.5 Å². The Morgan fingerprint density at radius 2 is 0.696 bits per heavy atom. The number of hydrogen-bond donors (Lipinski definition) is 0. The van der Waals surface area contributed by atoms with Crippen LogP contribution in [-0.4, -0.2) is 19.9 Å². The zero-order valence-corrected chi connectivity index (χ0v) is 37.4. The zero-order valence-electron chi connectivity index (χ0n) is 37.4. The first-order valence-electron chi connectivity index (χ1n) is 23.5. The van der Waals surface area contributed by atoms with Crippen molar-refractivity contribution >= 4 is 21.7 Å². The monoisotopic (exact) mass is 876 g/mol. The minimum atomic E-state index is -0.463. The third-order valence-electron chi connectivity index (χ3n) is 14.3. The Morgan fingerprint density at radius 1 is 0.246 bits per heavy atom. The Morgan fingerprint density at radius 3 is 1.35 bits per heavy atom. The lowest BCUT2D eigenvalue weighted by molar-refractivity contribution is 0.794. The molecule has 2 aliphatic rings. The van der Waals surface area contributed by atoms with Crippen LogP contribution in [0.15, 0.2) is 243 Å². The van der Waals surface area contributed by atoms with Crippen LogP contribution >= 0.6 is 0 Å². The Kier molecular flexibility index (Phi) is 8.77. The summed E-state index contributed by atoms with van der Waals surface area (Å²) in [7, 11) is 0. The summed E-state index contributed by atoms with van der Waals surface area (Å²) in [6, 6.07) is 87.0. The molecule has 4 heteroatoms. The highest BCUT2D eigenvalue weighted by atomic mass is 15.0. The average molecular weight is 877 g/mol. The van der Waals surface area contributed by atoms with Crippen LogP contribution in [0.1, 0.15) is 22.3 Å². The van der Waals surface area contributed by atoms with Gasteiger partial charge in [0.25, 0.3) is 0 Å². The lowest BCUT2D eigenvalue weighted by Crippen LogP contribution is -2.25. The molecule has 1 spiro atoms. The van der Waals surface area contributed by atoms with E-state index in [2.05, 4.69) is 206 Å². The van der Waals surface area contributed by atoms with Crippen molar-refractivity contribution in [2.45, 2.75) is 5.41 Å². The number of aromatic nitrogens is 4. The Hall–Kier alpha value is -9.12. The molecule has 4 nitrogen and oxygen atoms in total. The second-order valence-electron chi connectivity index (χ2n) is 18.1. The molecular weight excluding hydrogens is 837 g/mol. The van der Waals surface area contributed by atoms with Gasteiger partial charge >= 0.3 is 0 Å². The van der Waals surface area contributed by atoms with Crippen LogP contribution in [0.2, 0.25) is 0 Å². The predicted octanol–water partition coefficient (Wildman–Crippen LogP) is 15.9. The molecule has 0 saturated heterocycles. The summed E-state index contributed by atoms with van der Waals surface area (Å²) in [6.07, 6.45) is 0. The van der Waals surface area contributed by atoms with Gasteiger partial charge in [0.1, 0.15) is 0 Å². The Bertz CT molecular complexity index is 3910. The predicted molar refractivity (Wildman–Crippen MR) is 282 cm³/mol. The van der Waals surface area contributed by atoms with Crippen LogP contribution in [0.4, 0.5) is 0 Å². The van der Waals surface area contributed by atoms with Crippen LogP contribution in [0.3, 0.4) is 0 Å². The van der Waals surface area contributed by atoms with Crippen molar-refractivity contribution in [1.29, 1.82) is 0 Å². The normalized spacial score (nSPS) is 12.8. The van der Waals surface area contributed by atoms with Gasteiger partial charge in [-0.05, 0) is 96.4 Å². The van der Waals surface area contributed by atoms with E-state index in [1.165, 1.54) is 49.9 Å². The minimum Gasteiger partial charge on any atom is -0.247 e. The highest BCUT2D eigenvalue weighted by Crippen LogP contribution is 2.64. The largest absolute Gasteiger partial charge is 0.247 e. The Balaban J connectivity index is 1.00. The fourth-order valence-corrected chi connectivity index (χ4v) is 11.3. The van der Waals surface area contributed by atoms with Crippen LogP contribution in [-0.2, 0) is 5.41 Å². The maximum atomic E-state index is 5.26. The molecule has 0 atom stereocenters. The molecule has 0 saturated carbocycles. The second-order valence-corrected chi connectivity index (χ2v) is 18.1. The maximum Gasteiger partial charge on any atom is 0.164 e. The second kappa shape index (κ2) is 15.5. The van der Waals surface area contributed by atoms with Crippen LogP contribution in [0, 0.1) is 0 Å². The van der Waals surface area contributed by atoms with E-state index >= 15 is 0 Å². The molecular formula is C65H40N4. The molecule has 0 radical (unpaired) electrons. The SMILES string of the molecule is c1ccc(-c2nc(-c3ccccc3)nc(-c3cc(-c4ccc(-c5nc6ccccc6c6ccccc56)cc4)cc(-c4cccc5c4-c4ccccc4C54c5ccccc5-c5ccccc54)c3)n2)cc1. The van der Waals surface area contributed by atoms with E-state index in [0.717, 1.165) is 66.5 Å². The molecule has 0 bridgehead atoms. The fraction of sp³-hybridized carbons (Fsp3) is 0.0154. The number of nitrogens with zero attached hydrogens (tertiary/aromatic N) is 4. The van der Waals surface area contributed by atoms with E-state index in [1.807, 2.05) is 36.4 Å². The summed E-state index contributed by atoms with van der Waals surface area (Å²) in [5.74, 6) is 1.86. The molecule has 10 aromatic carbocycles. The van der Waals surface area contributed by atoms with Gasteiger partial charge in [-0.25, -0.2) is 19.9 Å². The van der Waals surface area contributed by atoms with Crippen LogP contribution in [0.25, 0.3) is 112 Å². The van der Waals surface area contributed by atoms with E-state index in [1.54, 1.807) is 0 Å². The number of hydrogen-bond acceptors (Lipinski definition) is 4. The number of rotatable bonds is 6. The summed E-state index contributed by atoms with van der Waals surface area (Å²) in [5, 5.41) is 3.49. The van der Waals surface area contributed by atoms with Crippen molar-refractivity contribution in [3.05, 3.63) is 265 Å². The van der Waals surface area contributed by atoms with E-state index in [9.17, 15) is 0 Å². The third-order valence-corrected chi connectivity index (χ3v) is 14.3. The summed E-state index contributed by atoms with van der Waals surface area (Å²) in [6.45, 7) is 0. The van der Waals surface area contributed by atoms with Crippen LogP contribution in [0.5, 0.6) is 0 Å². The van der Waals surface area contributed by atoms with Gasteiger partial charge < -0.3 is 0 Å². The minimum absolute atomic E-state index is 0.463. The van der Waals surface area contributed by atoms with Crippen molar-refractivity contribution in [1.82, 2.24) is 19.9 Å². The molecule has 14 rings (SSSR count). The molecule has 0 aliphatic heterocycles. The highest BCUT2D eigenvalue weighted by molar-refractivity contribution is 6.11. The van der Waals surface area contributed by atoms with Gasteiger partial charge in [-0.3, -0.25) is 0 Å². The van der Waals surface area contributed by atoms with Crippen molar-refractivity contribution in [3.8, 4) is 89.9 Å². The molecule has 69 heavy (non-hydrogen) atoms. The fourth-order valence-electron chi connectivity index (χ4n) is 11.3. The van der Waals surface area contributed by atoms with Crippen molar-refractivity contribution in [2.24, 2.45) is 0 Å². The summed E-state index contributed by atoms with van der Waals surface area (Å²) < 4.78 is 0. The molecule has 0 amide bonds. The first kappa shape index (κ1) is 39.1. The first-order chi connectivity index (χ1) is 34.2. The molecule has 0 N–H and O–H groups in total. The average Bonchev–Trinajstić information content (AvgIpc) is 3.91. The number of fused-ring (bicyclic) bond motifs is 13. The summed E-state index contributed by atoms with van der Waals surface area (Å²) >= 11 is 0. The molecule has 2 aliphatic carbocycles. The summed E-state index contributed by atoms with van der Waals surface area (Å²) in [5.41, 5.74) is 20.0.